The molecule has 0 aromatic heterocycles. The summed E-state index contributed by atoms with van der Waals surface area (Å²) in [5.41, 5.74) is 2.29. The van der Waals surface area contributed by atoms with E-state index in [1.54, 1.807) is 49.4 Å². The molecule has 3 amide bonds. The number of esters is 1. The van der Waals surface area contributed by atoms with E-state index in [0.717, 1.165) is 10.5 Å². The zero-order valence-corrected chi connectivity index (χ0v) is 19.4. The highest BCUT2D eigenvalue weighted by atomic mass is 35.5. The van der Waals surface area contributed by atoms with Gasteiger partial charge < -0.3 is 10.1 Å². The van der Waals surface area contributed by atoms with Crippen LogP contribution in [0.5, 0.6) is 0 Å². The molecular formula is C25H18Cl2N2O5. The van der Waals surface area contributed by atoms with Gasteiger partial charge in [0.05, 0.1) is 23.2 Å². The topological polar surface area (TPSA) is 92.8 Å². The second-order valence-corrected chi connectivity index (χ2v) is 8.46. The molecule has 3 aromatic rings. The van der Waals surface area contributed by atoms with Gasteiger partial charge in [-0.2, -0.15) is 0 Å². The van der Waals surface area contributed by atoms with Crippen molar-refractivity contribution in [3.05, 3.63) is 98.5 Å². The number of fused-ring (bicyclic) bond motifs is 1. The van der Waals surface area contributed by atoms with E-state index < -0.39 is 30.3 Å². The largest absolute Gasteiger partial charge is 0.452 e. The van der Waals surface area contributed by atoms with E-state index in [1.165, 1.54) is 18.2 Å². The summed E-state index contributed by atoms with van der Waals surface area (Å²) in [6, 6.07) is 16.0. The summed E-state index contributed by atoms with van der Waals surface area (Å²) in [4.78, 5) is 51.3. The van der Waals surface area contributed by atoms with Crippen LogP contribution in [0.2, 0.25) is 10.0 Å². The fourth-order valence-electron chi connectivity index (χ4n) is 3.48. The molecule has 1 heterocycles. The zero-order valence-electron chi connectivity index (χ0n) is 17.9. The van der Waals surface area contributed by atoms with Gasteiger partial charge in [-0.1, -0.05) is 41.4 Å². The van der Waals surface area contributed by atoms with Gasteiger partial charge in [-0.25, -0.2) is 4.79 Å². The molecule has 0 unspecified atom stereocenters. The monoisotopic (exact) mass is 496 g/mol. The Bertz CT molecular complexity index is 1320. The Morgan fingerprint density at radius 3 is 2.38 bits per heavy atom. The van der Waals surface area contributed by atoms with Gasteiger partial charge in [-0.15, -0.1) is 0 Å². The molecule has 172 valence electrons. The molecule has 1 aliphatic heterocycles. The lowest BCUT2D eigenvalue weighted by molar-refractivity contribution is -0.119. The number of anilines is 1. The molecule has 0 spiro atoms. The first-order chi connectivity index (χ1) is 16.2. The molecule has 0 aliphatic carbocycles. The first-order valence-corrected chi connectivity index (χ1v) is 11.0. The molecule has 0 saturated carbocycles. The van der Waals surface area contributed by atoms with Gasteiger partial charge in [0, 0.05) is 15.7 Å². The highest BCUT2D eigenvalue weighted by Gasteiger charge is 2.36. The molecule has 4 rings (SSSR count). The van der Waals surface area contributed by atoms with Crippen LogP contribution in [-0.4, -0.2) is 35.2 Å². The van der Waals surface area contributed by atoms with Crippen molar-refractivity contribution in [2.45, 2.75) is 13.5 Å². The number of benzene rings is 3. The van der Waals surface area contributed by atoms with Crippen LogP contribution in [0.15, 0.2) is 60.7 Å². The van der Waals surface area contributed by atoms with Crippen LogP contribution in [0, 0.1) is 6.92 Å². The smallest absolute Gasteiger partial charge is 0.338 e. The molecule has 1 N–H and O–H groups in total. The number of nitrogens with zero attached hydrogens (tertiary/aromatic N) is 1. The van der Waals surface area contributed by atoms with Crippen molar-refractivity contribution in [2.24, 2.45) is 0 Å². The Morgan fingerprint density at radius 1 is 0.941 bits per heavy atom. The predicted octanol–water partition coefficient (Wildman–Crippen LogP) is 4.89. The van der Waals surface area contributed by atoms with Crippen LogP contribution >= 0.6 is 23.2 Å². The number of carbonyl (C=O) groups is 4. The zero-order chi connectivity index (χ0) is 24.4. The van der Waals surface area contributed by atoms with Crippen LogP contribution in [0.4, 0.5) is 5.69 Å². The first-order valence-electron chi connectivity index (χ1n) is 10.2. The minimum atomic E-state index is -0.794. The molecule has 34 heavy (non-hydrogen) atoms. The average molecular weight is 497 g/mol. The summed E-state index contributed by atoms with van der Waals surface area (Å²) in [5, 5.41) is 3.67. The number of hydrogen-bond acceptors (Lipinski definition) is 5. The number of halogens is 2. The lowest BCUT2D eigenvalue weighted by Gasteiger charge is -2.13. The number of amides is 3. The van der Waals surface area contributed by atoms with E-state index in [-0.39, 0.29) is 23.2 Å². The standard InChI is InChI=1S/C25H18Cl2N2O5/c1-14-20(27)3-2-4-21(14)28-22(30)13-34-25(33)16-7-10-18-19(11-16)24(32)29(23(18)31)12-15-5-8-17(26)9-6-15/h2-11H,12-13H2,1H3,(H,28,30). The normalized spacial score (nSPS) is 12.5. The van der Waals surface area contributed by atoms with Gasteiger partial charge in [-0.05, 0) is 60.5 Å². The van der Waals surface area contributed by atoms with E-state index in [2.05, 4.69) is 5.32 Å². The van der Waals surface area contributed by atoms with Crippen LogP contribution in [-0.2, 0) is 16.1 Å². The van der Waals surface area contributed by atoms with Crippen LogP contribution in [0.25, 0.3) is 0 Å². The van der Waals surface area contributed by atoms with Gasteiger partial charge in [-0.3, -0.25) is 19.3 Å². The minimum absolute atomic E-state index is 0.0555. The molecule has 0 radical (unpaired) electrons. The second kappa shape index (κ2) is 9.67. The summed E-state index contributed by atoms with van der Waals surface area (Å²) in [7, 11) is 0. The Hall–Kier alpha value is -3.68. The maximum Gasteiger partial charge on any atom is 0.338 e. The first kappa shape index (κ1) is 23.5. The third kappa shape index (κ3) is 4.81. The van der Waals surface area contributed by atoms with Crippen LogP contribution < -0.4 is 5.32 Å². The molecule has 0 fully saturated rings. The number of carbonyl (C=O) groups excluding carboxylic acids is 4. The molecule has 9 heteroatoms. The lowest BCUT2D eigenvalue weighted by atomic mass is 10.1. The molecule has 7 nitrogen and oxygen atoms in total. The van der Waals surface area contributed by atoms with Crippen molar-refractivity contribution in [1.82, 2.24) is 4.90 Å². The van der Waals surface area contributed by atoms with E-state index >= 15 is 0 Å². The highest BCUT2D eigenvalue weighted by Crippen LogP contribution is 2.26. The van der Waals surface area contributed by atoms with Gasteiger partial charge in [0.1, 0.15) is 0 Å². The summed E-state index contributed by atoms with van der Waals surface area (Å²) >= 11 is 11.9. The van der Waals surface area contributed by atoms with Crippen molar-refractivity contribution < 1.29 is 23.9 Å². The van der Waals surface area contributed by atoms with Gasteiger partial charge in [0.25, 0.3) is 17.7 Å². The van der Waals surface area contributed by atoms with Crippen molar-refractivity contribution in [3.8, 4) is 0 Å². The molecule has 0 bridgehead atoms. The van der Waals surface area contributed by atoms with Gasteiger partial charge in [0.15, 0.2) is 6.61 Å². The van der Waals surface area contributed by atoms with Gasteiger partial charge in [0.2, 0.25) is 0 Å². The Balaban J connectivity index is 1.41. The average Bonchev–Trinajstić information content (AvgIpc) is 3.06. The van der Waals surface area contributed by atoms with Crippen LogP contribution in [0.1, 0.15) is 42.2 Å². The number of nitrogens with one attached hydrogen (secondary N) is 1. The number of imide groups is 1. The fourth-order valence-corrected chi connectivity index (χ4v) is 3.78. The van der Waals surface area contributed by atoms with E-state index in [0.29, 0.717) is 21.3 Å². The van der Waals surface area contributed by atoms with E-state index in [1.807, 2.05) is 0 Å². The van der Waals surface area contributed by atoms with E-state index in [9.17, 15) is 19.2 Å². The summed E-state index contributed by atoms with van der Waals surface area (Å²) in [6.07, 6.45) is 0. The maximum absolute atomic E-state index is 12.8. The fraction of sp³-hybridized carbons (Fsp3) is 0.120. The summed E-state index contributed by atoms with van der Waals surface area (Å²) < 4.78 is 5.08. The SMILES string of the molecule is Cc1c(Cl)cccc1NC(=O)COC(=O)c1ccc2c(c1)C(=O)N(Cc1ccc(Cl)cc1)C2=O. The molecule has 1 aliphatic rings. The van der Waals surface area contributed by atoms with E-state index in [4.69, 9.17) is 27.9 Å². The van der Waals surface area contributed by atoms with Gasteiger partial charge >= 0.3 is 5.97 Å². The highest BCUT2D eigenvalue weighted by molar-refractivity contribution is 6.31. The summed E-state index contributed by atoms with van der Waals surface area (Å²) in [6.45, 7) is 1.30. The Kier molecular flexibility index (Phi) is 6.68. The quantitative estimate of drug-likeness (QED) is 0.387. The molecule has 0 saturated heterocycles. The number of hydrogen-bond donors (Lipinski definition) is 1. The van der Waals surface area contributed by atoms with Crippen molar-refractivity contribution >= 4 is 52.6 Å². The molecule has 3 aromatic carbocycles. The van der Waals surface area contributed by atoms with Crippen molar-refractivity contribution in [2.75, 3.05) is 11.9 Å². The molecule has 0 atom stereocenters. The second-order valence-electron chi connectivity index (χ2n) is 7.62. The van der Waals surface area contributed by atoms with Crippen molar-refractivity contribution in [1.29, 1.82) is 0 Å². The van der Waals surface area contributed by atoms with Crippen LogP contribution in [0.3, 0.4) is 0 Å². The van der Waals surface area contributed by atoms with Crippen molar-refractivity contribution in [3.63, 3.8) is 0 Å². The summed E-state index contributed by atoms with van der Waals surface area (Å²) in [5.74, 6) is -2.30. The number of rotatable bonds is 6. The third-order valence-electron chi connectivity index (χ3n) is 5.34. The predicted molar refractivity (Wildman–Crippen MR) is 127 cm³/mol. The Labute approximate surface area is 205 Å². The lowest BCUT2D eigenvalue weighted by Crippen LogP contribution is -2.29. The third-order valence-corrected chi connectivity index (χ3v) is 6.00. The number of ether oxygens (including phenoxy) is 1. The molecular weight excluding hydrogens is 479 g/mol. The Morgan fingerprint density at radius 2 is 1.65 bits per heavy atom. The minimum Gasteiger partial charge on any atom is -0.452 e. The maximum atomic E-state index is 12.8.